The summed E-state index contributed by atoms with van der Waals surface area (Å²) >= 11 is 0. The molecule has 1 rings (SSSR count). The summed E-state index contributed by atoms with van der Waals surface area (Å²) in [5.74, 6) is 0.990. The molecule has 0 saturated heterocycles. The molecule has 0 aliphatic carbocycles. The van der Waals surface area contributed by atoms with E-state index in [1.165, 1.54) is 5.19 Å². The SMILES string of the molecule is COc1ccc[c]c1[Si](C)(C)C(C)(C)C. The van der Waals surface area contributed by atoms with E-state index < -0.39 is 8.07 Å². The van der Waals surface area contributed by atoms with Gasteiger partial charge in [0.15, 0.2) is 0 Å². The van der Waals surface area contributed by atoms with E-state index >= 15 is 0 Å². The molecular weight excluding hydrogens is 200 g/mol. The Hall–Kier alpha value is -0.763. The van der Waals surface area contributed by atoms with Crippen LogP contribution in [0.25, 0.3) is 0 Å². The Bertz CT molecular complexity index is 337. The van der Waals surface area contributed by atoms with E-state index in [-0.39, 0.29) is 0 Å². The van der Waals surface area contributed by atoms with Gasteiger partial charge in [-0.3, -0.25) is 0 Å². The van der Waals surface area contributed by atoms with Crippen LogP contribution in [0.15, 0.2) is 18.2 Å². The highest BCUT2D eigenvalue weighted by Gasteiger charge is 2.38. The van der Waals surface area contributed by atoms with Gasteiger partial charge in [0.25, 0.3) is 0 Å². The van der Waals surface area contributed by atoms with Crippen molar-refractivity contribution >= 4 is 13.3 Å². The number of benzene rings is 1. The van der Waals surface area contributed by atoms with E-state index in [1.54, 1.807) is 7.11 Å². The van der Waals surface area contributed by atoms with E-state index in [2.05, 4.69) is 39.9 Å². The fourth-order valence-corrected chi connectivity index (χ4v) is 3.45. The zero-order valence-corrected chi connectivity index (χ0v) is 11.6. The summed E-state index contributed by atoms with van der Waals surface area (Å²) in [4.78, 5) is 0. The number of methoxy groups -OCH3 is 1. The number of hydrogen-bond acceptors (Lipinski definition) is 1. The van der Waals surface area contributed by atoms with Crippen molar-refractivity contribution in [2.24, 2.45) is 0 Å². The number of rotatable bonds is 2. The monoisotopic (exact) mass is 221 g/mol. The largest absolute Gasteiger partial charge is 0.497 e. The lowest BCUT2D eigenvalue weighted by Gasteiger charge is -2.37. The standard InChI is InChI=1S/C13H21OSi/c1-13(2,3)15(5,6)12-10-8-7-9-11(12)14-4/h7-9H,1-6H3. The van der Waals surface area contributed by atoms with Crippen LogP contribution in [0.5, 0.6) is 5.75 Å². The van der Waals surface area contributed by atoms with E-state index in [4.69, 9.17) is 4.74 Å². The molecule has 0 aliphatic rings. The maximum absolute atomic E-state index is 5.43. The molecule has 1 nitrogen and oxygen atoms in total. The van der Waals surface area contributed by atoms with Gasteiger partial charge >= 0.3 is 0 Å². The zero-order valence-electron chi connectivity index (χ0n) is 10.6. The molecule has 1 radical (unpaired) electrons. The Morgan fingerprint density at radius 3 is 2.33 bits per heavy atom. The minimum atomic E-state index is -1.53. The summed E-state index contributed by atoms with van der Waals surface area (Å²) in [6.45, 7) is 11.7. The number of hydrogen-bond donors (Lipinski definition) is 0. The van der Waals surface area contributed by atoms with Crippen molar-refractivity contribution in [3.63, 3.8) is 0 Å². The second kappa shape index (κ2) is 4.01. The van der Waals surface area contributed by atoms with Crippen molar-refractivity contribution in [2.75, 3.05) is 7.11 Å². The van der Waals surface area contributed by atoms with Gasteiger partial charge in [0, 0.05) is 0 Å². The van der Waals surface area contributed by atoms with Gasteiger partial charge in [0.05, 0.1) is 15.2 Å². The molecular formula is C13H21OSi. The highest BCUT2D eigenvalue weighted by Crippen LogP contribution is 2.36. The second-order valence-electron chi connectivity index (χ2n) is 5.49. The summed E-state index contributed by atoms with van der Waals surface area (Å²) in [6, 6.07) is 9.37. The molecule has 15 heavy (non-hydrogen) atoms. The normalized spacial score (nSPS) is 12.7. The first-order valence-corrected chi connectivity index (χ1v) is 8.36. The molecule has 0 unspecified atom stereocenters. The molecule has 0 saturated carbocycles. The molecule has 0 atom stereocenters. The van der Waals surface area contributed by atoms with E-state index in [1.807, 2.05) is 18.2 Å². The van der Waals surface area contributed by atoms with Crippen LogP contribution >= 0.6 is 0 Å². The molecule has 2 heteroatoms. The molecule has 0 aromatic heterocycles. The third-order valence-corrected chi connectivity index (χ3v) is 8.93. The molecule has 0 spiro atoms. The van der Waals surface area contributed by atoms with Crippen LogP contribution in [-0.4, -0.2) is 15.2 Å². The summed E-state index contributed by atoms with van der Waals surface area (Å²) < 4.78 is 5.43. The molecule has 0 aliphatic heterocycles. The molecule has 0 N–H and O–H groups in total. The Kier molecular flexibility index (Phi) is 3.29. The maximum atomic E-state index is 5.43. The summed E-state index contributed by atoms with van der Waals surface area (Å²) in [6.07, 6.45) is 0. The first kappa shape index (κ1) is 12.3. The average molecular weight is 221 g/mol. The predicted molar refractivity (Wildman–Crippen MR) is 68.7 cm³/mol. The van der Waals surface area contributed by atoms with Gasteiger partial charge in [-0.2, -0.15) is 0 Å². The minimum Gasteiger partial charge on any atom is -0.497 e. The van der Waals surface area contributed by atoms with Gasteiger partial charge in [-0.05, 0) is 22.4 Å². The van der Waals surface area contributed by atoms with Crippen LogP contribution in [0, 0.1) is 6.07 Å². The van der Waals surface area contributed by atoms with Crippen LogP contribution in [0.3, 0.4) is 0 Å². The van der Waals surface area contributed by atoms with Crippen LogP contribution in [-0.2, 0) is 0 Å². The Morgan fingerprint density at radius 1 is 1.27 bits per heavy atom. The fourth-order valence-electron chi connectivity index (χ4n) is 1.45. The molecule has 0 heterocycles. The lowest BCUT2D eigenvalue weighted by atomic mass is 10.2. The smallest absolute Gasteiger partial charge is 0.118 e. The lowest BCUT2D eigenvalue weighted by molar-refractivity contribution is 0.417. The first-order chi connectivity index (χ1) is 6.80. The van der Waals surface area contributed by atoms with Gasteiger partial charge in [-0.25, -0.2) is 0 Å². The van der Waals surface area contributed by atoms with Gasteiger partial charge in [0.1, 0.15) is 5.75 Å². The Morgan fingerprint density at radius 2 is 1.87 bits per heavy atom. The molecule has 0 fully saturated rings. The van der Waals surface area contributed by atoms with Gasteiger partial charge in [-0.1, -0.05) is 46.0 Å². The molecule has 0 bridgehead atoms. The average Bonchev–Trinajstić information content (AvgIpc) is 2.16. The second-order valence-corrected chi connectivity index (χ2v) is 10.7. The van der Waals surface area contributed by atoms with Crippen molar-refractivity contribution in [2.45, 2.75) is 38.9 Å². The highest BCUT2D eigenvalue weighted by molar-refractivity contribution is 6.92. The van der Waals surface area contributed by atoms with Crippen LogP contribution in [0.1, 0.15) is 20.8 Å². The zero-order chi connectivity index (χ0) is 11.7. The van der Waals surface area contributed by atoms with Gasteiger partial charge in [0.2, 0.25) is 0 Å². The van der Waals surface area contributed by atoms with Crippen LogP contribution < -0.4 is 9.92 Å². The van der Waals surface area contributed by atoms with Crippen molar-refractivity contribution in [3.05, 3.63) is 24.3 Å². The van der Waals surface area contributed by atoms with Crippen LogP contribution in [0.4, 0.5) is 0 Å². The Labute approximate surface area is 94.5 Å². The number of ether oxygens (including phenoxy) is 1. The minimum absolute atomic E-state index is 0.318. The topological polar surface area (TPSA) is 9.23 Å². The van der Waals surface area contributed by atoms with Gasteiger partial charge < -0.3 is 4.74 Å². The third kappa shape index (κ3) is 2.25. The highest BCUT2D eigenvalue weighted by atomic mass is 28.3. The maximum Gasteiger partial charge on any atom is 0.118 e. The van der Waals surface area contributed by atoms with Crippen molar-refractivity contribution in [1.29, 1.82) is 0 Å². The third-order valence-electron chi connectivity index (χ3n) is 3.54. The van der Waals surface area contributed by atoms with Crippen molar-refractivity contribution in [3.8, 4) is 5.75 Å². The first-order valence-electron chi connectivity index (χ1n) is 5.36. The summed E-state index contributed by atoms with van der Waals surface area (Å²) in [7, 11) is 0.209. The quantitative estimate of drug-likeness (QED) is 0.697. The summed E-state index contributed by atoms with van der Waals surface area (Å²) in [5, 5.41) is 1.61. The van der Waals surface area contributed by atoms with Gasteiger partial charge in [-0.15, -0.1) is 0 Å². The van der Waals surface area contributed by atoms with Crippen molar-refractivity contribution in [1.82, 2.24) is 0 Å². The molecule has 0 amide bonds. The van der Waals surface area contributed by atoms with E-state index in [0.29, 0.717) is 5.04 Å². The lowest BCUT2D eigenvalue weighted by Crippen LogP contribution is -2.50. The molecule has 1 aromatic carbocycles. The van der Waals surface area contributed by atoms with E-state index in [9.17, 15) is 0 Å². The molecule has 83 valence electrons. The summed E-state index contributed by atoms with van der Waals surface area (Å²) in [5.41, 5.74) is 0. The molecule has 1 aromatic rings. The van der Waals surface area contributed by atoms with Crippen molar-refractivity contribution < 1.29 is 4.74 Å². The fraction of sp³-hybridized carbons (Fsp3) is 0.538. The van der Waals surface area contributed by atoms with E-state index in [0.717, 1.165) is 5.75 Å². The van der Waals surface area contributed by atoms with Crippen LogP contribution in [0.2, 0.25) is 18.1 Å². The Balaban J connectivity index is 3.26. The predicted octanol–water partition coefficient (Wildman–Crippen LogP) is 3.21.